The molecular formula is C20H37NO3. The predicted octanol–water partition coefficient (Wildman–Crippen LogP) is 4.77. The number of unbranched alkanes of at least 4 members (excludes halogenated alkanes) is 4. The van der Waals surface area contributed by atoms with E-state index < -0.39 is 12.0 Å². The van der Waals surface area contributed by atoms with Gasteiger partial charge in [-0.3, -0.25) is 4.79 Å². The average Bonchev–Trinajstić information content (AvgIpc) is 2.54. The van der Waals surface area contributed by atoms with Crippen LogP contribution < -0.4 is 5.32 Å². The number of hydrogen-bond acceptors (Lipinski definition) is 2. The first kappa shape index (κ1) is 21.0. The van der Waals surface area contributed by atoms with Gasteiger partial charge < -0.3 is 10.4 Å². The van der Waals surface area contributed by atoms with Crippen LogP contribution in [0.25, 0.3) is 0 Å². The Morgan fingerprint density at radius 3 is 2.21 bits per heavy atom. The Labute approximate surface area is 147 Å². The molecule has 1 saturated carbocycles. The van der Waals surface area contributed by atoms with Gasteiger partial charge >= 0.3 is 5.97 Å². The smallest absolute Gasteiger partial charge is 0.326 e. The normalized spacial score (nSPS) is 22.3. The van der Waals surface area contributed by atoms with E-state index >= 15 is 0 Å². The van der Waals surface area contributed by atoms with Crippen molar-refractivity contribution < 1.29 is 14.7 Å². The summed E-state index contributed by atoms with van der Waals surface area (Å²) in [5.74, 6) is 0.0640. The number of rotatable bonds is 11. The van der Waals surface area contributed by atoms with E-state index in [1.54, 1.807) is 0 Å². The van der Waals surface area contributed by atoms with Gasteiger partial charge in [0.05, 0.1) is 0 Å². The highest BCUT2D eigenvalue weighted by Gasteiger charge is 2.29. The van der Waals surface area contributed by atoms with E-state index in [0.717, 1.165) is 31.6 Å². The average molecular weight is 340 g/mol. The van der Waals surface area contributed by atoms with Gasteiger partial charge in [-0.2, -0.15) is 0 Å². The maximum atomic E-state index is 12.4. The predicted molar refractivity (Wildman–Crippen MR) is 97.8 cm³/mol. The van der Waals surface area contributed by atoms with E-state index in [-0.39, 0.29) is 17.7 Å². The molecule has 4 nitrogen and oxygen atoms in total. The Morgan fingerprint density at radius 1 is 1.04 bits per heavy atom. The molecule has 2 N–H and O–H groups in total. The van der Waals surface area contributed by atoms with Gasteiger partial charge in [-0.05, 0) is 43.9 Å². The quantitative estimate of drug-likeness (QED) is 0.533. The first-order valence-corrected chi connectivity index (χ1v) is 9.97. The van der Waals surface area contributed by atoms with Crippen LogP contribution in [-0.4, -0.2) is 23.0 Å². The molecule has 0 aliphatic heterocycles. The number of carbonyl (C=O) groups is 2. The van der Waals surface area contributed by atoms with Crippen LogP contribution in [0.4, 0.5) is 0 Å². The van der Waals surface area contributed by atoms with Crippen LogP contribution in [0.3, 0.4) is 0 Å². The van der Waals surface area contributed by atoms with Crippen molar-refractivity contribution >= 4 is 11.9 Å². The Morgan fingerprint density at radius 2 is 1.67 bits per heavy atom. The van der Waals surface area contributed by atoms with Gasteiger partial charge in [-0.1, -0.05) is 59.3 Å². The lowest BCUT2D eigenvalue weighted by atomic mass is 9.79. The maximum Gasteiger partial charge on any atom is 0.326 e. The van der Waals surface area contributed by atoms with Crippen LogP contribution in [0.1, 0.15) is 91.4 Å². The fraction of sp³-hybridized carbons (Fsp3) is 0.900. The summed E-state index contributed by atoms with van der Waals surface area (Å²) >= 11 is 0. The molecule has 1 fully saturated rings. The van der Waals surface area contributed by atoms with Crippen molar-refractivity contribution in [2.75, 3.05) is 0 Å². The van der Waals surface area contributed by atoms with Gasteiger partial charge in [0.2, 0.25) is 5.91 Å². The van der Waals surface area contributed by atoms with Gasteiger partial charge in [-0.15, -0.1) is 0 Å². The summed E-state index contributed by atoms with van der Waals surface area (Å²) in [6.07, 6.45) is 12.5. The Balaban J connectivity index is 2.28. The fourth-order valence-corrected chi connectivity index (χ4v) is 3.73. The molecule has 1 atom stereocenters. The maximum absolute atomic E-state index is 12.4. The van der Waals surface area contributed by atoms with Crippen LogP contribution in [0.5, 0.6) is 0 Å². The topological polar surface area (TPSA) is 66.4 Å². The van der Waals surface area contributed by atoms with Crippen molar-refractivity contribution in [1.29, 1.82) is 0 Å². The third kappa shape index (κ3) is 8.16. The minimum Gasteiger partial charge on any atom is -0.480 e. The molecule has 0 spiro atoms. The molecule has 0 aromatic heterocycles. The molecule has 1 aliphatic carbocycles. The highest BCUT2D eigenvalue weighted by atomic mass is 16.4. The molecule has 1 aliphatic rings. The number of amides is 1. The first-order valence-electron chi connectivity index (χ1n) is 9.97. The van der Waals surface area contributed by atoms with Crippen LogP contribution in [0, 0.1) is 17.8 Å². The Kier molecular flexibility index (Phi) is 10.0. The molecule has 0 radical (unpaired) electrons. The molecule has 0 saturated heterocycles. The molecule has 4 heteroatoms. The highest BCUT2D eigenvalue weighted by molar-refractivity contribution is 5.85. The SMILES string of the molecule is CCCCCCCC1CCC(C(=O)NC(CC(C)C)C(=O)O)CC1. The number of aliphatic carboxylic acids is 1. The van der Waals surface area contributed by atoms with E-state index in [4.69, 9.17) is 0 Å². The number of nitrogens with one attached hydrogen (secondary N) is 1. The fourth-order valence-electron chi connectivity index (χ4n) is 3.73. The summed E-state index contributed by atoms with van der Waals surface area (Å²) in [6.45, 7) is 6.20. The summed E-state index contributed by atoms with van der Waals surface area (Å²) in [4.78, 5) is 23.6. The first-order chi connectivity index (χ1) is 11.4. The van der Waals surface area contributed by atoms with E-state index in [9.17, 15) is 14.7 Å². The lowest BCUT2D eigenvalue weighted by Crippen LogP contribution is -2.45. The zero-order valence-electron chi connectivity index (χ0n) is 15.9. The molecule has 1 unspecified atom stereocenters. The molecule has 1 amide bonds. The monoisotopic (exact) mass is 339 g/mol. The molecule has 24 heavy (non-hydrogen) atoms. The summed E-state index contributed by atoms with van der Waals surface area (Å²) < 4.78 is 0. The number of hydrogen-bond donors (Lipinski definition) is 2. The van der Waals surface area contributed by atoms with Crippen molar-refractivity contribution in [2.45, 2.75) is 97.4 Å². The van der Waals surface area contributed by atoms with Crippen molar-refractivity contribution in [3.8, 4) is 0 Å². The second-order valence-corrected chi connectivity index (χ2v) is 7.95. The van der Waals surface area contributed by atoms with Gasteiger partial charge in [0.1, 0.15) is 6.04 Å². The second kappa shape index (κ2) is 11.5. The zero-order valence-corrected chi connectivity index (χ0v) is 15.9. The van der Waals surface area contributed by atoms with Crippen LogP contribution in [0.2, 0.25) is 0 Å². The molecule has 140 valence electrons. The minimum atomic E-state index is -0.919. The third-order valence-electron chi connectivity index (χ3n) is 5.26. The number of carboxylic acids is 1. The second-order valence-electron chi connectivity index (χ2n) is 7.95. The van der Waals surface area contributed by atoms with Crippen molar-refractivity contribution in [1.82, 2.24) is 5.32 Å². The Bertz CT molecular complexity index is 373. The van der Waals surface area contributed by atoms with Crippen molar-refractivity contribution in [3.63, 3.8) is 0 Å². The van der Waals surface area contributed by atoms with E-state index in [1.165, 1.54) is 38.5 Å². The summed E-state index contributed by atoms with van der Waals surface area (Å²) in [5, 5.41) is 12.0. The van der Waals surface area contributed by atoms with Crippen molar-refractivity contribution in [3.05, 3.63) is 0 Å². The van der Waals surface area contributed by atoms with Crippen LogP contribution in [-0.2, 0) is 9.59 Å². The van der Waals surface area contributed by atoms with Gasteiger partial charge in [0.15, 0.2) is 0 Å². The van der Waals surface area contributed by atoms with E-state index in [0.29, 0.717) is 6.42 Å². The van der Waals surface area contributed by atoms with Gasteiger partial charge in [-0.25, -0.2) is 4.79 Å². The summed E-state index contributed by atoms with van der Waals surface area (Å²) in [7, 11) is 0. The lowest BCUT2D eigenvalue weighted by Gasteiger charge is -2.29. The molecule has 0 bridgehead atoms. The van der Waals surface area contributed by atoms with Crippen molar-refractivity contribution in [2.24, 2.45) is 17.8 Å². The highest BCUT2D eigenvalue weighted by Crippen LogP contribution is 2.32. The zero-order chi connectivity index (χ0) is 17.9. The standard InChI is InChI=1S/C20H37NO3/c1-4-5-6-7-8-9-16-10-12-17(13-11-16)19(22)21-18(20(23)24)14-15(2)3/h15-18H,4-14H2,1-3H3,(H,21,22)(H,23,24). The summed E-state index contributed by atoms with van der Waals surface area (Å²) in [6, 6.07) is -0.742. The Hall–Kier alpha value is -1.06. The number of carboxylic acid groups (broad SMARTS) is 1. The van der Waals surface area contributed by atoms with E-state index in [2.05, 4.69) is 12.2 Å². The molecule has 0 aromatic carbocycles. The van der Waals surface area contributed by atoms with Crippen LogP contribution >= 0.6 is 0 Å². The van der Waals surface area contributed by atoms with Crippen LogP contribution in [0.15, 0.2) is 0 Å². The molecular weight excluding hydrogens is 302 g/mol. The number of carbonyl (C=O) groups excluding carboxylic acids is 1. The minimum absolute atomic E-state index is 0.00959. The summed E-state index contributed by atoms with van der Waals surface area (Å²) in [5.41, 5.74) is 0. The third-order valence-corrected chi connectivity index (χ3v) is 5.26. The molecule has 0 heterocycles. The molecule has 0 aromatic rings. The van der Waals surface area contributed by atoms with Gasteiger partial charge in [0.25, 0.3) is 0 Å². The largest absolute Gasteiger partial charge is 0.480 e. The lowest BCUT2D eigenvalue weighted by molar-refractivity contribution is -0.143. The van der Waals surface area contributed by atoms with E-state index in [1.807, 2.05) is 13.8 Å². The molecule has 1 rings (SSSR count). The van der Waals surface area contributed by atoms with Gasteiger partial charge in [0, 0.05) is 5.92 Å².